The summed E-state index contributed by atoms with van der Waals surface area (Å²) >= 11 is 0. The Bertz CT molecular complexity index is 2030. The van der Waals surface area contributed by atoms with Gasteiger partial charge in [0.2, 0.25) is 17.5 Å². The number of hydrogen-bond donors (Lipinski definition) is 5. The molecule has 268 valence electrons. The predicted molar refractivity (Wildman–Crippen MR) is 174 cm³/mol. The fraction of sp³-hybridized carbons (Fsp3) is 0.257. The predicted octanol–water partition coefficient (Wildman–Crippen LogP) is 2.52. The fourth-order valence-electron chi connectivity index (χ4n) is 5.11. The number of aliphatic hydroxyl groups excluding tert-OH is 2. The van der Waals surface area contributed by atoms with Crippen molar-refractivity contribution in [3.8, 4) is 45.8 Å². The summed E-state index contributed by atoms with van der Waals surface area (Å²) < 4.78 is 38.1. The van der Waals surface area contributed by atoms with Crippen molar-refractivity contribution in [3.05, 3.63) is 76.5 Å². The molecular formula is C35H32O16. The van der Waals surface area contributed by atoms with Crippen LogP contribution in [-0.4, -0.2) is 87.9 Å². The van der Waals surface area contributed by atoms with Gasteiger partial charge in [-0.3, -0.25) is 14.4 Å². The summed E-state index contributed by atoms with van der Waals surface area (Å²) in [7, 11) is 1.37. The number of hydrogen-bond acceptors (Lipinski definition) is 16. The van der Waals surface area contributed by atoms with E-state index in [0.717, 1.165) is 32.1 Å². The number of esters is 3. The second kappa shape index (κ2) is 15.2. The van der Waals surface area contributed by atoms with Gasteiger partial charge in [0.25, 0.3) is 0 Å². The van der Waals surface area contributed by atoms with E-state index in [-0.39, 0.29) is 39.9 Å². The molecule has 16 heteroatoms. The monoisotopic (exact) mass is 708 g/mol. The van der Waals surface area contributed by atoms with Gasteiger partial charge >= 0.3 is 17.9 Å². The van der Waals surface area contributed by atoms with Crippen molar-refractivity contribution in [2.24, 2.45) is 0 Å². The maximum atomic E-state index is 14.0. The van der Waals surface area contributed by atoms with E-state index in [1.807, 2.05) is 0 Å². The smallest absolute Gasteiger partial charge is 0.336 e. The van der Waals surface area contributed by atoms with E-state index in [1.54, 1.807) is 0 Å². The van der Waals surface area contributed by atoms with Crippen molar-refractivity contribution in [2.75, 3.05) is 13.7 Å². The van der Waals surface area contributed by atoms with Gasteiger partial charge in [-0.05, 0) is 48.0 Å². The van der Waals surface area contributed by atoms with Crippen molar-refractivity contribution < 1.29 is 72.8 Å². The molecular weight excluding hydrogens is 676 g/mol. The molecule has 3 aromatic carbocycles. The van der Waals surface area contributed by atoms with Crippen LogP contribution in [0.4, 0.5) is 0 Å². The lowest BCUT2D eigenvalue weighted by Gasteiger charge is -2.41. The number of aliphatic hydroxyl groups is 2. The van der Waals surface area contributed by atoms with Gasteiger partial charge in [-0.2, -0.15) is 0 Å². The van der Waals surface area contributed by atoms with E-state index in [2.05, 4.69) is 0 Å². The zero-order chi connectivity index (χ0) is 37.0. The first kappa shape index (κ1) is 36.2. The molecule has 5 atom stereocenters. The highest BCUT2D eigenvalue weighted by Gasteiger charge is 2.49. The Kier molecular flexibility index (Phi) is 10.8. The largest absolute Gasteiger partial charge is 0.508 e. The number of phenols is 3. The first-order valence-electron chi connectivity index (χ1n) is 15.1. The molecule has 4 aromatic rings. The summed E-state index contributed by atoms with van der Waals surface area (Å²) in [5.74, 6) is -4.37. The van der Waals surface area contributed by atoms with Crippen LogP contribution in [0.5, 0.6) is 34.5 Å². The van der Waals surface area contributed by atoms with Crippen molar-refractivity contribution in [1.82, 2.24) is 0 Å². The topological polar surface area (TPSA) is 238 Å². The lowest BCUT2D eigenvalue weighted by molar-refractivity contribution is -0.282. The molecule has 2 heterocycles. The van der Waals surface area contributed by atoms with Crippen LogP contribution in [0.2, 0.25) is 0 Å². The van der Waals surface area contributed by atoms with Crippen molar-refractivity contribution in [2.45, 2.75) is 44.6 Å². The van der Waals surface area contributed by atoms with Crippen LogP contribution >= 0.6 is 0 Å². The molecule has 0 bridgehead atoms. The third-order valence-corrected chi connectivity index (χ3v) is 7.50. The molecule has 0 saturated carbocycles. The number of carbonyl (C=O) groups is 3. The molecule has 5 N–H and O–H groups in total. The van der Waals surface area contributed by atoms with Gasteiger partial charge in [0, 0.05) is 37.6 Å². The van der Waals surface area contributed by atoms with E-state index >= 15 is 0 Å². The Hall–Kier alpha value is -6.10. The van der Waals surface area contributed by atoms with E-state index in [0.29, 0.717) is 5.56 Å². The van der Waals surface area contributed by atoms with Crippen molar-refractivity contribution in [3.63, 3.8) is 0 Å². The number of ether oxygens (including phenoxy) is 6. The molecule has 51 heavy (non-hydrogen) atoms. The summed E-state index contributed by atoms with van der Waals surface area (Å²) in [4.78, 5) is 50.1. The number of fused-ring (bicyclic) bond motifs is 1. The van der Waals surface area contributed by atoms with Crippen LogP contribution in [0.15, 0.2) is 69.9 Å². The van der Waals surface area contributed by atoms with Crippen LogP contribution in [0.3, 0.4) is 0 Å². The average Bonchev–Trinajstić information content (AvgIpc) is 3.08. The van der Waals surface area contributed by atoms with Crippen LogP contribution in [0.25, 0.3) is 28.4 Å². The molecule has 5 rings (SSSR count). The summed E-state index contributed by atoms with van der Waals surface area (Å²) in [6.45, 7) is 1.59. The second-order valence-corrected chi connectivity index (χ2v) is 11.2. The number of carbonyl (C=O) groups excluding carboxylic acids is 3. The lowest BCUT2D eigenvalue weighted by atomic mass is 9.99. The Morgan fingerprint density at radius 2 is 1.63 bits per heavy atom. The van der Waals surface area contributed by atoms with Gasteiger partial charge < -0.3 is 58.4 Å². The Balaban J connectivity index is 1.54. The third kappa shape index (κ3) is 8.21. The van der Waals surface area contributed by atoms with Gasteiger partial charge in [-0.25, -0.2) is 4.79 Å². The molecule has 1 fully saturated rings. The van der Waals surface area contributed by atoms with Gasteiger partial charge in [0.15, 0.2) is 23.4 Å². The third-order valence-electron chi connectivity index (χ3n) is 7.50. The van der Waals surface area contributed by atoms with Gasteiger partial charge in [-0.15, -0.1) is 0 Å². The lowest BCUT2D eigenvalue weighted by Crippen LogP contribution is -2.61. The molecule has 0 spiro atoms. The quantitative estimate of drug-likeness (QED) is 0.0904. The molecule has 1 aliphatic rings. The van der Waals surface area contributed by atoms with E-state index in [9.17, 15) is 44.7 Å². The van der Waals surface area contributed by atoms with E-state index in [1.165, 1.54) is 55.7 Å². The minimum Gasteiger partial charge on any atom is -0.508 e. The van der Waals surface area contributed by atoms with Crippen LogP contribution < -0.4 is 19.6 Å². The molecule has 1 aromatic heterocycles. The minimum absolute atomic E-state index is 0.0964. The average molecular weight is 709 g/mol. The van der Waals surface area contributed by atoms with E-state index < -0.39 is 77.5 Å². The van der Waals surface area contributed by atoms with Crippen LogP contribution in [-0.2, 0) is 28.6 Å². The zero-order valence-corrected chi connectivity index (χ0v) is 27.2. The van der Waals surface area contributed by atoms with Gasteiger partial charge in [0.05, 0.1) is 7.11 Å². The molecule has 5 unspecified atom stereocenters. The maximum Gasteiger partial charge on any atom is 0.336 e. The first-order chi connectivity index (χ1) is 24.2. The highest BCUT2D eigenvalue weighted by atomic mass is 16.7. The molecule has 0 amide bonds. The van der Waals surface area contributed by atoms with Gasteiger partial charge in [-0.1, -0.05) is 6.07 Å². The normalized spacial score (nSPS) is 20.1. The first-order valence-corrected chi connectivity index (χ1v) is 15.1. The number of aromatic hydroxyl groups is 3. The SMILES string of the molecule is COc1cc(C=CC(=O)Oc2cc(O)c3c(=O)c(OC4OC(COC(C)=O)C(O)C(O)C4OC(C)=O)c(-c4ccc(O)cc4)oc3c2)ccc1O. The standard InChI is InChI=1S/C35H32O16/c1-16(36)46-15-26-29(42)31(44)34(47-17(2)37)35(50-26)51-33-30(43)28-23(40)13-21(14-25(28)49-32(33)19-6-8-20(38)9-7-19)48-27(41)11-5-18-4-10-22(39)24(12-18)45-3/h4-14,26,29,31,34-35,38-40,42,44H,15H2,1-3H3. The Labute approximate surface area is 288 Å². The molecule has 1 saturated heterocycles. The zero-order valence-electron chi connectivity index (χ0n) is 27.2. The van der Waals surface area contributed by atoms with Crippen molar-refractivity contribution in [1.29, 1.82) is 0 Å². The number of rotatable bonds is 10. The molecule has 1 aliphatic heterocycles. The van der Waals surface area contributed by atoms with Crippen molar-refractivity contribution >= 4 is 35.0 Å². The molecule has 0 radical (unpaired) electrons. The van der Waals surface area contributed by atoms with E-state index in [4.69, 9.17) is 32.8 Å². The van der Waals surface area contributed by atoms with Crippen LogP contribution in [0, 0.1) is 0 Å². The number of benzene rings is 3. The molecule has 16 nitrogen and oxygen atoms in total. The minimum atomic E-state index is -1.84. The number of phenolic OH excluding ortho intramolecular Hbond substituents is 3. The Morgan fingerprint density at radius 1 is 0.902 bits per heavy atom. The second-order valence-electron chi connectivity index (χ2n) is 11.2. The highest BCUT2D eigenvalue weighted by molar-refractivity contribution is 5.92. The summed E-state index contributed by atoms with van der Waals surface area (Å²) in [5, 5.41) is 51.7. The van der Waals surface area contributed by atoms with Gasteiger partial charge in [0.1, 0.15) is 53.1 Å². The summed E-state index contributed by atoms with van der Waals surface area (Å²) in [6, 6.07) is 11.8. The molecule has 0 aliphatic carbocycles. The van der Waals surface area contributed by atoms with Crippen LogP contribution in [0.1, 0.15) is 19.4 Å². The summed E-state index contributed by atoms with van der Waals surface area (Å²) in [5.41, 5.74) is -0.599. The number of methoxy groups -OCH3 is 1. The maximum absolute atomic E-state index is 14.0. The fourth-order valence-corrected chi connectivity index (χ4v) is 5.11. The summed E-state index contributed by atoms with van der Waals surface area (Å²) in [6.07, 6.45) is -6.00. The highest BCUT2D eigenvalue weighted by Crippen LogP contribution is 2.38. The Morgan fingerprint density at radius 3 is 2.29 bits per heavy atom.